The molecule has 16 heavy (non-hydrogen) atoms. The summed E-state index contributed by atoms with van der Waals surface area (Å²) >= 11 is 0. The molecular weight excluding hydrogens is 200 g/mol. The lowest BCUT2D eigenvalue weighted by Crippen LogP contribution is -2.26. The molecule has 2 unspecified atom stereocenters. The number of ether oxygens (including phenoxy) is 1. The lowest BCUT2D eigenvalue weighted by atomic mass is 9.96. The van der Waals surface area contributed by atoms with Crippen molar-refractivity contribution in [3.8, 4) is 5.75 Å². The van der Waals surface area contributed by atoms with Crippen LogP contribution in [0.4, 0.5) is 0 Å². The summed E-state index contributed by atoms with van der Waals surface area (Å²) in [5.41, 5.74) is 1.24. The molecule has 2 atom stereocenters. The van der Waals surface area contributed by atoms with E-state index in [-0.39, 0.29) is 0 Å². The van der Waals surface area contributed by atoms with Crippen molar-refractivity contribution in [1.82, 2.24) is 10.3 Å². The lowest BCUT2D eigenvalue weighted by molar-refractivity contribution is 0.411. The molecule has 0 saturated heterocycles. The Hall–Kier alpha value is -1.09. The molecule has 0 aliphatic heterocycles. The summed E-state index contributed by atoms with van der Waals surface area (Å²) in [6.07, 6.45) is 4.78. The zero-order valence-electron chi connectivity index (χ0n) is 10.7. The highest BCUT2D eigenvalue weighted by Gasteiger charge is 2.10. The van der Waals surface area contributed by atoms with Gasteiger partial charge in [-0.3, -0.25) is 4.98 Å². The van der Waals surface area contributed by atoms with Crippen LogP contribution in [0.5, 0.6) is 5.75 Å². The number of hydrogen-bond donors (Lipinski definition) is 1. The van der Waals surface area contributed by atoms with Gasteiger partial charge in [0, 0.05) is 12.2 Å². The highest BCUT2D eigenvalue weighted by atomic mass is 16.5. The van der Waals surface area contributed by atoms with Crippen molar-refractivity contribution in [1.29, 1.82) is 0 Å². The highest BCUT2D eigenvalue weighted by molar-refractivity contribution is 5.25. The van der Waals surface area contributed by atoms with E-state index in [0.717, 1.165) is 18.7 Å². The molecule has 0 fully saturated rings. The standard InChI is InChI=1S/C13H22N2O/c1-5-15-11(3)6-10(2)12-7-13(16-4)9-14-8-12/h7-11,15H,5-6H2,1-4H3. The van der Waals surface area contributed by atoms with Crippen LogP contribution in [0.15, 0.2) is 18.5 Å². The van der Waals surface area contributed by atoms with Gasteiger partial charge in [-0.2, -0.15) is 0 Å². The maximum atomic E-state index is 5.18. The Bertz CT molecular complexity index is 315. The summed E-state index contributed by atoms with van der Waals surface area (Å²) in [6, 6.07) is 2.60. The van der Waals surface area contributed by atoms with Crippen LogP contribution in [-0.2, 0) is 0 Å². The van der Waals surface area contributed by atoms with Gasteiger partial charge in [0.2, 0.25) is 0 Å². The predicted octanol–water partition coefficient (Wildman–Crippen LogP) is 2.58. The summed E-state index contributed by atoms with van der Waals surface area (Å²) in [5, 5.41) is 3.42. The van der Waals surface area contributed by atoms with E-state index in [1.807, 2.05) is 6.20 Å². The van der Waals surface area contributed by atoms with Crippen molar-refractivity contribution in [3.05, 3.63) is 24.0 Å². The molecule has 1 aromatic heterocycles. The smallest absolute Gasteiger partial charge is 0.137 e. The Kier molecular flexibility index (Phi) is 5.26. The van der Waals surface area contributed by atoms with Crippen molar-refractivity contribution in [2.75, 3.05) is 13.7 Å². The van der Waals surface area contributed by atoms with Crippen LogP contribution in [0, 0.1) is 0 Å². The molecule has 0 spiro atoms. The number of methoxy groups -OCH3 is 1. The van der Waals surface area contributed by atoms with E-state index in [0.29, 0.717) is 12.0 Å². The van der Waals surface area contributed by atoms with Crippen LogP contribution in [-0.4, -0.2) is 24.7 Å². The van der Waals surface area contributed by atoms with E-state index >= 15 is 0 Å². The molecule has 0 aromatic carbocycles. The van der Waals surface area contributed by atoms with Crippen molar-refractivity contribution in [3.63, 3.8) is 0 Å². The Morgan fingerprint density at radius 2 is 2.12 bits per heavy atom. The molecule has 1 rings (SSSR count). The van der Waals surface area contributed by atoms with Gasteiger partial charge in [0.05, 0.1) is 13.3 Å². The van der Waals surface area contributed by atoms with Gasteiger partial charge >= 0.3 is 0 Å². The van der Waals surface area contributed by atoms with Gasteiger partial charge in [0.25, 0.3) is 0 Å². The first kappa shape index (κ1) is 13.0. The van der Waals surface area contributed by atoms with Crippen molar-refractivity contribution < 1.29 is 4.74 Å². The molecule has 1 N–H and O–H groups in total. The van der Waals surface area contributed by atoms with Crippen molar-refractivity contribution in [2.24, 2.45) is 0 Å². The van der Waals surface area contributed by atoms with Crippen LogP contribution >= 0.6 is 0 Å². The fourth-order valence-electron chi connectivity index (χ4n) is 1.91. The zero-order chi connectivity index (χ0) is 12.0. The largest absolute Gasteiger partial charge is 0.495 e. The zero-order valence-corrected chi connectivity index (χ0v) is 10.7. The number of nitrogens with zero attached hydrogens (tertiary/aromatic N) is 1. The summed E-state index contributed by atoms with van der Waals surface area (Å²) < 4.78 is 5.18. The van der Waals surface area contributed by atoms with E-state index in [1.54, 1.807) is 13.3 Å². The van der Waals surface area contributed by atoms with Crippen LogP contribution < -0.4 is 10.1 Å². The van der Waals surface area contributed by atoms with Gasteiger partial charge in [0.1, 0.15) is 5.75 Å². The normalized spacial score (nSPS) is 14.5. The molecule has 0 amide bonds. The molecule has 0 aliphatic carbocycles. The second kappa shape index (κ2) is 6.48. The average Bonchev–Trinajstić information content (AvgIpc) is 2.29. The fourth-order valence-corrected chi connectivity index (χ4v) is 1.91. The first-order valence-corrected chi connectivity index (χ1v) is 5.89. The minimum absolute atomic E-state index is 0.497. The predicted molar refractivity (Wildman–Crippen MR) is 67.0 cm³/mol. The summed E-state index contributed by atoms with van der Waals surface area (Å²) in [7, 11) is 1.67. The van der Waals surface area contributed by atoms with E-state index in [9.17, 15) is 0 Å². The van der Waals surface area contributed by atoms with Gasteiger partial charge in [-0.05, 0) is 37.4 Å². The Morgan fingerprint density at radius 1 is 1.38 bits per heavy atom. The van der Waals surface area contributed by atoms with Gasteiger partial charge in [0.15, 0.2) is 0 Å². The Balaban J connectivity index is 2.61. The molecule has 1 heterocycles. The number of pyridine rings is 1. The van der Waals surface area contributed by atoms with Crippen LogP contribution in [0.1, 0.15) is 38.7 Å². The van der Waals surface area contributed by atoms with Gasteiger partial charge in [-0.1, -0.05) is 13.8 Å². The molecule has 1 aromatic rings. The topological polar surface area (TPSA) is 34.2 Å². The first-order chi connectivity index (χ1) is 7.67. The summed E-state index contributed by atoms with van der Waals surface area (Å²) in [5.74, 6) is 1.33. The third-order valence-corrected chi connectivity index (χ3v) is 2.80. The number of aromatic nitrogens is 1. The second-order valence-electron chi connectivity index (χ2n) is 4.25. The second-order valence-corrected chi connectivity index (χ2v) is 4.25. The molecular formula is C13H22N2O. The summed E-state index contributed by atoms with van der Waals surface area (Å²) in [6.45, 7) is 7.59. The Morgan fingerprint density at radius 3 is 2.75 bits per heavy atom. The maximum absolute atomic E-state index is 5.18. The van der Waals surface area contributed by atoms with E-state index in [1.165, 1.54) is 5.56 Å². The SMILES string of the molecule is CCNC(C)CC(C)c1cncc(OC)c1. The third kappa shape index (κ3) is 3.81. The number of nitrogens with one attached hydrogen (secondary N) is 1. The minimum Gasteiger partial charge on any atom is -0.495 e. The molecule has 0 bridgehead atoms. The summed E-state index contributed by atoms with van der Waals surface area (Å²) in [4.78, 5) is 4.18. The average molecular weight is 222 g/mol. The van der Waals surface area contributed by atoms with Gasteiger partial charge in [-0.15, -0.1) is 0 Å². The molecule has 90 valence electrons. The molecule has 3 heteroatoms. The Labute approximate surface area is 98.2 Å². The van der Waals surface area contributed by atoms with Gasteiger partial charge < -0.3 is 10.1 Å². The van der Waals surface area contributed by atoms with Crippen molar-refractivity contribution >= 4 is 0 Å². The van der Waals surface area contributed by atoms with Crippen LogP contribution in [0.25, 0.3) is 0 Å². The maximum Gasteiger partial charge on any atom is 0.137 e. The quantitative estimate of drug-likeness (QED) is 0.803. The molecule has 0 radical (unpaired) electrons. The molecule has 0 aliphatic rings. The minimum atomic E-state index is 0.497. The van der Waals surface area contributed by atoms with Gasteiger partial charge in [-0.25, -0.2) is 0 Å². The lowest BCUT2D eigenvalue weighted by Gasteiger charge is -2.18. The van der Waals surface area contributed by atoms with E-state index in [2.05, 4.69) is 37.1 Å². The van der Waals surface area contributed by atoms with E-state index in [4.69, 9.17) is 4.74 Å². The van der Waals surface area contributed by atoms with Crippen LogP contribution in [0.3, 0.4) is 0 Å². The number of hydrogen-bond acceptors (Lipinski definition) is 3. The third-order valence-electron chi connectivity index (χ3n) is 2.80. The monoisotopic (exact) mass is 222 g/mol. The molecule has 0 saturated carbocycles. The number of rotatable bonds is 6. The van der Waals surface area contributed by atoms with E-state index < -0.39 is 0 Å². The highest BCUT2D eigenvalue weighted by Crippen LogP contribution is 2.22. The fraction of sp³-hybridized carbons (Fsp3) is 0.615. The first-order valence-electron chi connectivity index (χ1n) is 5.89. The van der Waals surface area contributed by atoms with Crippen molar-refractivity contribution in [2.45, 2.75) is 39.2 Å². The molecule has 3 nitrogen and oxygen atoms in total. The van der Waals surface area contributed by atoms with Crippen LogP contribution in [0.2, 0.25) is 0 Å².